The topological polar surface area (TPSA) is 72.2 Å². The second-order valence-electron chi connectivity index (χ2n) is 6.60. The Balaban J connectivity index is 1.59. The maximum atomic E-state index is 12.2. The van der Waals surface area contributed by atoms with Crippen molar-refractivity contribution in [3.63, 3.8) is 0 Å². The summed E-state index contributed by atoms with van der Waals surface area (Å²) >= 11 is 0. The first kappa shape index (κ1) is 18.6. The Morgan fingerprint density at radius 1 is 1.07 bits per heavy atom. The number of hydrogen-bond donors (Lipinski definition) is 1. The van der Waals surface area contributed by atoms with E-state index in [1.54, 1.807) is 30.5 Å². The average molecular weight is 362 g/mol. The Kier molecular flexibility index (Phi) is 5.50. The summed E-state index contributed by atoms with van der Waals surface area (Å²) in [6.45, 7) is 5.62. The molecular formula is C22H22N2O3. The highest BCUT2D eigenvalue weighted by atomic mass is 16.4. The van der Waals surface area contributed by atoms with Crippen molar-refractivity contribution in [3.8, 4) is 11.3 Å². The molecule has 5 heteroatoms. The molecule has 27 heavy (non-hydrogen) atoms. The van der Waals surface area contributed by atoms with Crippen LogP contribution in [0.4, 0.5) is 5.69 Å². The molecule has 0 unspecified atom stereocenters. The van der Waals surface area contributed by atoms with Gasteiger partial charge in [0.1, 0.15) is 0 Å². The standard InChI is InChI=1S/C22H22N2O3/c1-14-7-8-18(11-15(14)2)20-13-23-22(27-20)10-9-21(26)24-19-6-4-5-17(12-19)16(3)25/h4-8,11-13H,9-10H2,1-3H3,(H,24,26). The van der Waals surface area contributed by atoms with Gasteiger partial charge in [0, 0.05) is 29.7 Å². The average Bonchev–Trinajstić information content (AvgIpc) is 3.11. The number of oxazole rings is 1. The zero-order valence-corrected chi connectivity index (χ0v) is 15.7. The van der Waals surface area contributed by atoms with Gasteiger partial charge >= 0.3 is 0 Å². The van der Waals surface area contributed by atoms with Gasteiger partial charge in [-0.15, -0.1) is 0 Å². The van der Waals surface area contributed by atoms with E-state index < -0.39 is 0 Å². The number of nitrogens with zero attached hydrogens (tertiary/aromatic N) is 1. The van der Waals surface area contributed by atoms with Crippen molar-refractivity contribution in [1.82, 2.24) is 4.98 Å². The normalized spacial score (nSPS) is 10.6. The predicted molar refractivity (Wildman–Crippen MR) is 105 cm³/mol. The number of rotatable bonds is 6. The minimum atomic E-state index is -0.151. The number of aromatic nitrogens is 1. The van der Waals surface area contributed by atoms with Crippen LogP contribution in [0.1, 0.15) is 40.7 Å². The zero-order valence-electron chi connectivity index (χ0n) is 15.7. The van der Waals surface area contributed by atoms with Gasteiger partial charge in [0.15, 0.2) is 17.4 Å². The fraction of sp³-hybridized carbons (Fsp3) is 0.227. The van der Waals surface area contributed by atoms with Crippen LogP contribution in [0.3, 0.4) is 0 Å². The highest BCUT2D eigenvalue weighted by Crippen LogP contribution is 2.23. The van der Waals surface area contributed by atoms with E-state index in [0.29, 0.717) is 29.3 Å². The van der Waals surface area contributed by atoms with Crippen LogP contribution in [-0.4, -0.2) is 16.7 Å². The number of benzene rings is 2. The SMILES string of the molecule is CC(=O)c1cccc(NC(=O)CCc2ncc(-c3ccc(C)c(C)c3)o2)c1. The summed E-state index contributed by atoms with van der Waals surface area (Å²) in [5.41, 5.74) is 4.57. The van der Waals surface area contributed by atoms with E-state index in [9.17, 15) is 9.59 Å². The third kappa shape index (κ3) is 4.70. The van der Waals surface area contributed by atoms with Crippen LogP contribution < -0.4 is 5.32 Å². The Morgan fingerprint density at radius 2 is 1.89 bits per heavy atom. The summed E-state index contributed by atoms with van der Waals surface area (Å²) in [7, 11) is 0. The van der Waals surface area contributed by atoms with E-state index >= 15 is 0 Å². The van der Waals surface area contributed by atoms with E-state index in [-0.39, 0.29) is 18.1 Å². The molecule has 1 N–H and O–H groups in total. The lowest BCUT2D eigenvalue weighted by Crippen LogP contribution is -2.12. The fourth-order valence-electron chi connectivity index (χ4n) is 2.71. The van der Waals surface area contributed by atoms with Gasteiger partial charge in [0.05, 0.1) is 6.20 Å². The lowest BCUT2D eigenvalue weighted by Gasteiger charge is -2.05. The maximum absolute atomic E-state index is 12.2. The molecule has 1 amide bonds. The molecule has 3 aromatic rings. The van der Waals surface area contributed by atoms with Crippen molar-refractivity contribution in [2.45, 2.75) is 33.6 Å². The first-order chi connectivity index (χ1) is 12.9. The number of amides is 1. The molecule has 0 saturated heterocycles. The number of ketones is 1. The molecule has 1 heterocycles. The molecule has 0 aliphatic heterocycles. The van der Waals surface area contributed by atoms with Crippen molar-refractivity contribution in [2.24, 2.45) is 0 Å². The largest absolute Gasteiger partial charge is 0.441 e. The Labute approximate surface area is 158 Å². The summed E-state index contributed by atoms with van der Waals surface area (Å²) in [5.74, 6) is 1.03. The maximum Gasteiger partial charge on any atom is 0.224 e. The summed E-state index contributed by atoms with van der Waals surface area (Å²) in [6, 6.07) is 13.0. The van der Waals surface area contributed by atoms with E-state index in [4.69, 9.17) is 4.42 Å². The van der Waals surface area contributed by atoms with Gasteiger partial charge in [-0.25, -0.2) is 4.98 Å². The molecule has 1 aromatic heterocycles. The Bertz CT molecular complexity index is 989. The summed E-state index contributed by atoms with van der Waals surface area (Å²) in [4.78, 5) is 27.8. The van der Waals surface area contributed by atoms with Crippen molar-refractivity contribution < 1.29 is 14.0 Å². The van der Waals surface area contributed by atoms with Crippen LogP contribution in [0.5, 0.6) is 0 Å². The van der Waals surface area contributed by atoms with Crippen LogP contribution in [0.2, 0.25) is 0 Å². The quantitative estimate of drug-likeness (QED) is 0.643. The van der Waals surface area contributed by atoms with Gasteiger partial charge in [-0.2, -0.15) is 0 Å². The first-order valence-corrected chi connectivity index (χ1v) is 8.85. The highest BCUT2D eigenvalue weighted by molar-refractivity contribution is 5.97. The van der Waals surface area contributed by atoms with Crippen molar-refractivity contribution >= 4 is 17.4 Å². The molecular weight excluding hydrogens is 340 g/mol. The Morgan fingerprint density at radius 3 is 2.63 bits per heavy atom. The lowest BCUT2D eigenvalue weighted by atomic mass is 10.1. The van der Waals surface area contributed by atoms with Crippen molar-refractivity contribution in [1.29, 1.82) is 0 Å². The summed E-state index contributed by atoms with van der Waals surface area (Å²) in [5, 5.41) is 2.80. The van der Waals surface area contributed by atoms with Gasteiger partial charge in [0.25, 0.3) is 0 Å². The predicted octanol–water partition coefficient (Wildman–Crippen LogP) is 4.73. The molecule has 0 aliphatic carbocycles. The van der Waals surface area contributed by atoms with Crippen molar-refractivity contribution in [2.75, 3.05) is 5.32 Å². The van der Waals surface area contributed by atoms with Crippen LogP contribution in [0.15, 0.2) is 53.1 Å². The fourth-order valence-corrected chi connectivity index (χ4v) is 2.71. The third-order valence-electron chi connectivity index (χ3n) is 4.46. The molecule has 5 nitrogen and oxygen atoms in total. The monoisotopic (exact) mass is 362 g/mol. The smallest absolute Gasteiger partial charge is 0.224 e. The van der Waals surface area contributed by atoms with Gasteiger partial charge in [-0.05, 0) is 50.1 Å². The second kappa shape index (κ2) is 7.99. The van der Waals surface area contributed by atoms with E-state index in [1.165, 1.54) is 18.1 Å². The van der Waals surface area contributed by atoms with Gasteiger partial charge in [0.2, 0.25) is 5.91 Å². The number of nitrogens with one attached hydrogen (secondary N) is 1. The number of Topliss-reactive ketones (excluding diaryl/α,β-unsaturated/α-hetero) is 1. The van der Waals surface area contributed by atoms with Gasteiger partial charge < -0.3 is 9.73 Å². The summed E-state index contributed by atoms with van der Waals surface area (Å²) < 4.78 is 5.78. The zero-order chi connectivity index (χ0) is 19.4. The molecule has 0 atom stereocenters. The first-order valence-electron chi connectivity index (χ1n) is 8.85. The molecule has 138 valence electrons. The third-order valence-corrected chi connectivity index (χ3v) is 4.46. The van der Waals surface area contributed by atoms with Crippen LogP contribution in [-0.2, 0) is 11.2 Å². The van der Waals surface area contributed by atoms with E-state index in [2.05, 4.69) is 36.3 Å². The van der Waals surface area contributed by atoms with Crippen LogP contribution in [0, 0.1) is 13.8 Å². The number of carbonyl (C=O) groups is 2. The van der Waals surface area contributed by atoms with Crippen molar-refractivity contribution in [3.05, 3.63) is 71.2 Å². The Hall–Kier alpha value is -3.21. The molecule has 2 aromatic carbocycles. The molecule has 0 bridgehead atoms. The van der Waals surface area contributed by atoms with Gasteiger partial charge in [-0.1, -0.05) is 24.3 Å². The number of hydrogen-bond acceptors (Lipinski definition) is 4. The van der Waals surface area contributed by atoms with Gasteiger partial charge in [-0.3, -0.25) is 9.59 Å². The second-order valence-corrected chi connectivity index (χ2v) is 6.60. The summed E-state index contributed by atoms with van der Waals surface area (Å²) in [6.07, 6.45) is 2.34. The number of aryl methyl sites for hydroxylation is 3. The van der Waals surface area contributed by atoms with E-state index in [1.807, 2.05) is 6.07 Å². The van der Waals surface area contributed by atoms with Crippen LogP contribution >= 0.6 is 0 Å². The minimum absolute atomic E-state index is 0.0373. The minimum Gasteiger partial charge on any atom is -0.441 e. The molecule has 0 fully saturated rings. The number of anilines is 1. The molecule has 3 rings (SSSR count). The van der Waals surface area contributed by atoms with Crippen LogP contribution in [0.25, 0.3) is 11.3 Å². The molecule has 0 aliphatic rings. The number of carbonyl (C=O) groups excluding carboxylic acids is 2. The molecule has 0 saturated carbocycles. The molecule has 0 spiro atoms. The highest BCUT2D eigenvalue weighted by Gasteiger charge is 2.10. The molecule has 0 radical (unpaired) electrons. The lowest BCUT2D eigenvalue weighted by molar-refractivity contribution is -0.116. The van der Waals surface area contributed by atoms with E-state index in [0.717, 1.165) is 5.56 Å².